The van der Waals surface area contributed by atoms with Crippen LogP contribution >= 0.6 is 0 Å². The standard InChI is InChI=1S/C21H25NO3/c1-14(2)21(3,13-23)22-20(24)25-12-19-17-10-6-4-8-15(17)16-9-5-7-11-18(16)19/h4-11,14,19,23H,12-13H2,1-3H3,(H,22,24). The molecule has 2 N–H and O–H groups in total. The van der Waals surface area contributed by atoms with Gasteiger partial charge in [-0.3, -0.25) is 0 Å². The predicted molar refractivity (Wildman–Crippen MR) is 98.5 cm³/mol. The Kier molecular flexibility index (Phi) is 4.82. The summed E-state index contributed by atoms with van der Waals surface area (Å²) in [4.78, 5) is 12.3. The van der Waals surface area contributed by atoms with Crippen LogP contribution in [0, 0.1) is 5.92 Å². The zero-order valence-electron chi connectivity index (χ0n) is 15.0. The maximum atomic E-state index is 12.3. The zero-order valence-corrected chi connectivity index (χ0v) is 15.0. The molecule has 0 fully saturated rings. The highest BCUT2D eigenvalue weighted by atomic mass is 16.5. The molecule has 0 aliphatic heterocycles. The first kappa shape index (κ1) is 17.5. The summed E-state index contributed by atoms with van der Waals surface area (Å²) in [6.07, 6.45) is -0.493. The van der Waals surface area contributed by atoms with Crippen LogP contribution in [0.5, 0.6) is 0 Å². The molecule has 1 amide bonds. The lowest BCUT2D eigenvalue weighted by molar-refractivity contribution is 0.0967. The van der Waals surface area contributed by atoms with Gasteiger partial charge in [0, 0.05) is 5.92 Å². The minimum Gasteiger partial charge on any atom is -0.449 e. The van der Waals surface area contributed by atoms with Gasteiger partial charge in [-0.2, -0.15) is 0 Å². The third-order valence-corrected chi connectivity index (χ3v) is 5.33. The Morgan fingerprint density at radius 3 is 2.12 bits per heavy atom. The third-order valence-electron chi connectivity index (χ3n) is 5.33. The summed E-state index contributed by atoms with van der Waals surface area (Å²) in [5.74, 6) is 0.135. The van der Waals surface area contributed by atoms with Crippen molar-refractivity contribution in [2.45, 2.75) is 32.2 Å². The van der Waals surface area contributed by atoms with Crippen molar-refractivity contribution in [3.05, 3.63) is 59.7 Å². The second kappa shape index (κ2) is 6.89. The lowest BCUT2D eigenvalue weighted by Gasteiger charge is -2.32. The third kappa shape index (κ3) is 3.27. The maximum absolute atomic E-state index is 12.3. The quantitative estimate of drug-likeness (QED) is 0.868. The van der Waals surface area contributed by atoms with Gasteiger partial charge >= 0.3 is 6.09 Å². The normalized spacial score (nSPS) is 15.4. The SMILES string of the molecule is CC(C)C(C)(CO)NC(=O)OCC1c2ccccc2-c2ccccc21. The molecule has 25 heavy (non-hydrogen) atoms. The Labute approximate surface area is 148 Å². The number of aliphatic hydroxyl groups excluding tert-OH is 1. The first-order chi connectivity index (χ1) is 12.0. The largest absolute Gasteiger partial charge is 0.449 e. The minimum atomic E-state index is -0.692. The van der Waals surface area contributed by atoms with E-state index in [0.717, 1.165) is 0 Å². The molecule has 0 aromatic heterocycles. The summed E-state index contributed by atoms with van der Waals surface area (Å²) in [7, 11) is 0. The topological polar surface area (TPSA) is 58.6 Å². The molecule has 2 aromatic rings. The van der Waals surface area contributed by atoms with Crippen LogP contribution in [-0.2, 0) is 4.74 Å². The fourth-order valence-electron chi connectivity index (χ4n) is 3.23. The molecular formula is C21H25NO3. The molecule has 0 spiro atoms. The van der Waals surface area contributed by atoms with E-state index in [-0.39, 0.29) is 25.0 Å². The number of carbonyl (C=O) groups excluding carboxylic acids is 1. The predicted octanol–water partition coefficient (Wildman–Crippen LogP) is 3.93. The Hall–Kier alpha value is -2.33. The van der Waals surface area contributed by atoms with Gasteiger partial charge in [-0.15, -0.1) is 0 Å². The van der Waals surface area contributed by atoms with E-state index in [1.165, 1.54) is 22.3 Å². The Morgan fingerprint density at radius 1 is 1.12 bits per heavy atom. The van der Waals surface area contributed by atoms with Crippen molar-refractivity contribution >= 4 is 6.09 Å². The zero-order chi connectivity index (χ0) is 18.0. The molecule has 0 saturated carbocycles. The van der Waals surface area contributed by atoms with Crippen LogP contribution in [0.25, 0.3) is 11.1 Å². The van der Waals surface area contributed by atoms with E-state index in [9.17, 15) is 9.90 Å². The van der Waals surface area contributed by atoms with Gasteiger partial charge in [-0.1, -0.05) is 62.4 Å². The van der Waals surface area contributed by atoms with Crippen molar-refractivity contribution < 1.29 is 14.6 Å². The molecule has 1 atom stereocenters. The number of nitrogens with one attached hydrogen (secondary N) is 1. The van der Waals surface area contributed by atoms with Crippen molar-refractivity contribution in [3.63, 3.8) is 0 Å². The lowest BCUT2D eigenvalue weighted by Crippen LogP contribution is -2.53. The Balaban J connectivity index is 1.75. The van der Waals surface area contributed by atoms with Crippen LogP contribution in [0.3, 0.4) is 0 Å². The van der Waals surface area contributed by atoms with Crippen molar-refractivity contribution in [1.82, 2.24) is 5.32 Å². The van der Waals surface area contributed by atoms with Gasteiger partial charge in [0.15, 0.2) is 0 Å². The number of rotatable bonds is 5. The highest BCUT2D eigenvalue weighted by Crippen LogP contribution is 2.44. The van der Waals surface area contributed by atoms with Crippen molar-refractivity contribution in [3.8, 4) is 11.1 Å². The molecule has 1 unspecified atom stereocenters. The van der Waals surface area contributed by atoms with Crippen LogP contribution in [0.2, 0.25) is 0 Å². The average molecular weight is 339 g/mol. The van der Waals surface area contributed by atoms with Crippen LogP contribution in [0.1, 0.15) is 37.8 Å². The summed E-state index contributed by atoms with van der Waals surface area (Å²) >= 11 is 0. The number of benzene rings is 2. The molecule has 1 aliphatic rings. The number of fused-ring (bicyclic) bond motifs is 3. The van der Waals surface area contributed by atoms with Crippen LogP contribution in [-0.4, -0.2) is 30.0 Å². The van der Waals surface area contributed by atoms with Gasteiger partial charge in [0.25, 0.3) is 0 Å². The van der Waals surface area contributed by atoms with Gasteiger partial charge < -0.3 is 15.2 Å². The molecule has 1 aliphatic carbocycles. The van der Waals surface area contributed by atoms with Crippen molar-refractivity contribution in [1.29, 1.82) is 0 Å². The molecular weight excluding hydrogens is 314 g/mol. The summed E-state index contributed by atoms with van der Waals surface area (Å²) in [5, 5.41) is 12.4. The van der Waals surface area contributed by atoms with Crippen molar-refractivity contribution in [2.24, 2.45) is 5.92 Å². The number of hydrogen-bond donors (Lipinski definition) is 2. The fourth-order valence-corrected chi connectivity index (χ4v) is 3.23. The van der Waals surface area contributed by atoms with Crippen LogP contribution < -0.4 is 5.32 Å². The highest BCUT2D eigenvalue weighted by Gasteiger charge is 2.32. The van der Waals surface area contributed by atoms with Crippen molar-refractivity contribution in [2.75, 3.05) is 13.2 Å². The summed E-state index contributed by atoms with van der Waals surface area (Å²) in [5.41, 5.74) is 4.09. The summed E-state index contributed by atoms with van der Waals surface area (Å²) < 4.78 is 5.53. The molecule has 2 aromatic carbocycles. The van der Waals surface area contributed by atoms with Gasteiger partial charge in [0.1, 0.15) is 6.61 Å². The molecule has 132 valence electrons. The maximum Gasteiger partial charge on any atom is 0.407 e. The average Bonchev–Trinajstić information content (AvgIpc) is 2.94. The smallest absolute Gasteiger partial charge is 0.407 e. The second-order valence-corrected chi connectivity index (χ2v) is 7.18. The molecule has 3 rings (SSSR count). The number of alkyl carbamates (subject to hydrolysis) is 1. The Morgan fingerprint density at radius 2 is 1.64 bits per heavy atom. The van der Waals surface area contributed by atoms with E-state index in [0.29, 0.717) is 0 Å². The van der Waals surface area contributed by atoms with E-state index >= 15 is 0 Å². The number of amides is 1. The molecule has 0 radical (unpaired) electrons. The van der Waals surface area contributed by atoms with Gasteiger partial charge in [-0.05, 0) is 35.1 Å². The van der Waals surface area contributed by atoms with Crippen LogP contribution in [0.4, 0.5) is 4.79 Å². The first-order valence-electron chi connectivity index (χ1n) is 8.70. The molecule has 4 heteroatoms. The van der Waals surface area contributed by atoms with Crippen LogP contribution in [0.15, 0.2) is 48.5 Å². The Bertz CT molecular complexity index is 726. The van der Waals surface area contributed by atoms with E-state index in [1.54, 1.807) is 0 Å². The minimum absolute atomic E-state index is 0.0394. The second-order valence-electron chi connectivity index (χ2n) is 7.18. The summed E-state index contributed by atoms with van der Waals surface area (Å²) in [6.45, 7) is 5.88. The van der Waals surface area contributed by atoms with E-state index in [1.807, 2.05) is 45.0 Å². The number of hydrogen-bond acceptors (Lipinski definition) is 3. The van der Waals surface area contributed by atoms with Gasteiger partial charge in [-0.25, -0.2) is 4.79 Å². The fraction of sp³-hybridized carbons (Fsp3) is 0.381. The number of carbonyl (C=O) groups is 1. The van der Waals surface area contributed by atoms with Gasteiger partial charge in [0.05, 0.1) is 12.1 Å². The lowest BCUT2D eigenvalue weighted by atomic mass is 9.89. The first-order valence-corrected chi connectivity index (χ1v) is 8.70. The van der Waals surface area contributed by atoms with E-state index in [4.69, 9.17) is 4.74 Å². The number of ether oxygens (including phenoxy) is 1. The van der Waals surface area contributed by atoms with Gasteiger partial charge in [0.2, 0.25) is 0 Å². The van der Waals surface area contributed by atoms with E-state index < -0.39 is 11.6 Å². The molecule has 0 bridgehead atoms. The monoisotopic (exact) mass is 339 g/mol. The van der Waals surface area contributed by atoms with E-state index in [2.05, 4.69) is 29.6 Å². The molecule has 4 nitrogen and oxygen atoms in total. The highest BCUT2D eigenvalue weighted by molar-refractivity contribution is 5.79. The number of aliphatic hydroxyl groups is 1. The molecule has 0 heterocycles. The summed E-state index contributed by atoms with van der Waals surface area (Å²) in [6, 6.07) is 16.5. The molecule has 0 saturated heterocycles.